The van der Waals surface area contributed by atoms with Crippen molar-refractivity contribution in [3.8, 4) is 17.3 Å². The molecule has 0 unspecified atom stereocenters. The standard InChI is InChI=1S/C26H16N2S/c27-16-21(26-28-25(17-29-26)18-8-2-1-3-9-18)15-24-22-12-6-4-10-19(22)14-20-11-5-7-13-23(20)24/h1-15,17H/b21-15+. The molecule has 0 aliphatic rings. The molecule has 0 aliphatic carbocycles. The van der Waals surface area contributed by atoms with Crippen molar-refractivity contribution >= 4 is 44.5 Å². The molecule has 1 heterocycles. The van der Waals surface area contributed by atoms with Crippen LogP contribution in [0.3, 0.4) is 0 Å². The van der Waals surface area contributed by atoms with E-state index in [0.29, 0.717) is 5.57 Å². The zero-order chi connectivity index (χ0) is 19.6. The fourth-order valence-electron chi connectivity index (χ4n) is 3.63. The highest BCUT2D eigenvalue weighted by Crippen LogP contribution is 2.33. The molecule has 0 aliphatic heterocycles. The molecule has 136 valence electrons. The molecule has 0 spiro atoms. The van der Waals surface area contributed by atoms with Crippen molar-refractivity contribution in [3.63, 3.8) is 0 Å². The van der Waals surface area contributed by atoms with Gasteiger partial charge in [-0.05, 0) is 39.3 Å². The molecule has 0 radical (unpaired) electrons. The summed E-state index contributed by atoms with van der Waals surface area (Å²) in [5.41, 5.74) is 3.60. The molecule has 4 aromatic carbocycles. The van der Waals surface area contributed by atoms with Crippen LogP contribution in [0.2, 0.25) is 0 Å². The van der Waals surface area contributed by atoms with E-state index >= 15 is 0 Å². The molecule has 0 bridgehead atoms. The number of thiazole rings is 1. The third-order valence-electron chi connectivity index (χ3n) is 5.03. The third kappa shape index (κ3) is 3.20. The lowest BCUT2D eigenvalue weighted by molar-refractivity contribution is 1.37. The van der Waals surface area contributed by atoms with Gasteiger partial charge in [0, 0.05) is 10.9 Å². The lowest BCUT2D eigenvalue weighted by atomic mass is 9.95. The van der Waals surface area contributed by atoms with Gasteiger partial charge in [-0.1, -0.05) is 78.9 Å². The van der Waals surface area contributed by atoms with E-state index in [2.05, 4.69) is 36.4 Å². The molecule has 0 fully saturated rings. The largest absolute Gasteiger partial charge is 0.235 e. The van der Waals surface area contributed by atoms with Crippen LogP contribution in [0, 0.1) is 11.3 Å². The highest BCUT2D eigenvalue weighted by Gasteiger charge is 2.12. The monoisotopic (exact) mass is 388 g/mol. The third-order valence-corrected chi connectivity index (χ3v) is 5.90. The van der Waals surface area contributed by atoms with E-state index in [1.165, 1.54) is 22.1 Å². The Labute approximate surface area is 173 Å². The van der Waals surface area contributed by atoms with Crippen LogP contribution in [-0.4, -0.2) is 4.98 Å². The van der Waals surface area contributed by atoms with Crippen LogP contribution in [0.4, 0.5) is 0 Å². The van der Waals surface area contributed by atoms with E-state index in [9.17, 15) is 5.26 Å². The van der Waals surface area contributed by atoms with Crippen molar-refractivity contribution in [3.05, 3.63) is 101 Å². The van der Waals surface area contributed by atoms with Gasteiger partial charge in [0.1, 0.15) is 11.1 Å². The molecule has 3 heteroatoms. The van der Waals surface area contributed by atoms with Gasteiger partial charge in [-0.2, -0.15) is 5.26 Å². The Balaban J connectivity index is 1.70. The number of allylic oxidation sites excluding steroid dienone is 1. The molecule has 0 amide bonds. The van der Waals surface area contributed by atoms with Gasteiger partial charge < -0.3 is 0 Å². The molecule has 0 saturated heterocycles. The first-order valence-corrected chi connectivity index (χ1v) is 10.2. The van der Waals surface area contributed by atoms with Gasteiger partial charge >= 0.3 is 0 Å². The first kappa shape index (κ1) is 17.4. The van der Waals surface area contributed by atoms with Crippen molar-refractivity contribution in [2.75, 3.05) is 0 Å². The molecular weight excluding hydrogens is 372 g/mol. The van der Waals surface area contributed by atoms with Crippen molar-refractivity contribution in [2.24, 2.45) is 0 Å². The van der Waals surface area contributed by atoms with Gasteiger partial charge in [-0.25, -0.2) is 4.98 Å². The zero-order valence-electron chi connectivity index (χ0n) is 15.5. The number of hydrogen-bond acceptors (Lipinski definition) is 3. The summed E-state index contributed by atoms with van der Waals surface area (Å²) in [4.78, 5) is 4.74. The second-order valence-corrected chi connectivity index (χ2v) is 7.66. The summed E-state index contributed by atoms with van der Waals surface area (Å²) in [5.74, 6) is 0. The molecule has 5 aromatic rings. The van der Waals surface area contributed by atoms with Crippen LogP contribution in [0.25, 0.3) is 44.5 Å². The maximum atomic E-state index is 9.91. The normalized spacial score (nSPS) is 11.6. The minimum absolute atomic E-state index is 0.582. The van der Waals surface area contributed by atoms with Crippen LogP contribution in [0.15, 0.2) is 90.3 Å². The lowest BCUT2D eigenvalue weighted by Gasteiger charge is -2.08. The van der Waals surface area contributed by atoms with Crippen LogP contribution in [0.1, 0.15) is 10.6 Å². The second kappa shape index (κ2) is 7.35. The number of fused-ring (bicyclic) bond motifs is 2. The molecule has 0 atom stereocenters. The Morgan fingerprint density at radius 2 is 1.45 bits per heavy atom. The van der Waals surface area contributed by atoms with E-state index in [1.54, 1.807) is 0 Å². The summed E-state index contributed by atoms with van der Waals surface area (Å²) in [5, 5.41) is 17.3. The van der Waals surface area contributed by atoms with Crippen LogP contribution < -0.4 is 0 Å². The van der Waals surface area contributed by atoms with Gasteiger partial charge in [0.2, 0.25) is 0 Å². The maximum absolute atomic E-state index is 9.91. The van der Waals surface area contributed by atoms with Crippen LogP contribution in [-0.2, 0) is 0 Å². The Hall–Kier alpha value is -3.74. The maximum Gasteiger partial charge on any atom is 0.134 e. The average molecular weight is 388 g/mol. The number of aromatic nitrogens is 1. The van der Waals surface area contributed by atoms with Crippen LogP contribution in [0.5, 0.6) is 0 Å². The molecule has 2 nitrogen and oxygen atoms in total. The first-order chi connectivity index (χ1) is 14.3. The fraction of sp³-hybridized carbons (Fsp3) is 0. The summed E-state index contributed by atoms with van der Waals surface area (Å²) < 4.78 is 0. The van der Waals surface area contributed by atoms with Gasteiger partial charge in [0.15, 0.2) is 0 Å². The van der Waals surface area contributed by atoms with Crippen LogP contribution >= 0.6 is 11.3 Å². The fourth-order valence-corrected chi connectivity index (χ4v) is 4.42. The summed E-state index contributed by atoms with van der Waals surface area (Å²) in [6, 6.07) is 31.2. The predicted octanol–water partition coefficient (Wildman–Crippen LogP) is 7.18. The van der Waals surface area contributed by atoms with E-state index in [1.807, 2.05) is 66.1 Å². The Morgan fingerprint density at radius 3 is 2.10 bits per heavy atom. The number of rotatable bonds is 3. The van der Waals surface area contributed by atoms with Crippen molar-refractivity contribution in [2.45, 2.75) is 0 Å². The summed E-state index contributed by atoms with van der Waals surface area (Å²) in [6.07, 6.45) is 1.98. The summed E-state index contributed by atoms with van der Waals surface area (Å²) in [6.45, 7) is 0. The molecule has 1 aromatic heterocycles. The number of hydrogen-bond donors (Lipinski definition) is 0. The van der Waals surface area contributed by atoms with Gasteiger partial charge in [0.05, 0.1) is 11.3 Å². The van der Waals surface area contributed by atoms with E-state index < -0.39 is 0 Å². The Morgan fingerprint density at radius 1 is 0.828 bits per heavy atom. The number of benzene rings is 4. The van der Waals surface area contributed by atoms with Crippen molar-refractivity contribution in [1.82, 2.24) is 4.98 Å². The topological polar surface area (TPSA) is 36.7 Å². The molecular formula is C26H16N2S. The number of nitrogens with zero attached hydrogens (tertiary/aromatic N) is 2. The van der Waals surface area contributed by atoms with Gasteiger partial charge in [-0.3, -0.25) is 0 Å². The number of nitriles is 1. The van der Waals surface area contributed by atoms with E-state index in [-0.39, 0.29) is 0 Å². The molecule has 5 rings (SSSR count). The lowest BCUT2D eigenvalue weighted by Crippen LogP contribution is -1.86. The van der Waals surface area contributed by atoms with Crippen molar-refractivity contribution < 1.29 is 0 Å². The predicted molar refractivity (Wildman–Crippen MR) is 122 cm³/mol. The second-order valence-electron chi connectivity index (χ2n) is 6.81. The zero-order valence-corrected chi connectivity index (χ0v) is 16.4. The van der Waals surface area contributed by atoms with E-state index in [0.717, 1.165) is 32.6 Å². The summed E-state index contributed by atoms with van der Waals surface area (Å²) >= 11 is 1.51. The smallest absolute Gasteiger partial charge is 0.134 e. The molecule has 0 saturated carbocycles. The minimum atomic E-state index is 0.582. The van der Waals surface area contributed by atoms with Gasteiger partial charge in [0.25, 0.3) is 0 Å². The molecule has 0 N–H and O–H groups in total. The molecule has 29 heavy (non-hydrogen) atoms. The highest BCUT2D eigenvalue weighted by atomic mass is 32.1. The average Bonchev–Trinajstić information content (AvgIpc) is 3.27. The quantitative estimate of drug-likeness (QED) is 0.242. The Bertz CT molecular complexity index is 1350. The highest BCUT2D eigenvalue weighted by molar-refractivity contribution is 7.11. The van der Waals surface area contributed by atoms with E-state index in [4.69, 9.17) is 4.98 Å². The SMILES string of the molecule is N#C/C(=C\c1c2ccccc2cc2ccccc12)c1nc(-c2ccccc2)cs1. The minimum Gasteiger partial charge on any atom is -0.235 e. The van der Waals surface area contributed by atoms with Gasteiger partial charge in [-0.15, -0.1) is 11.3 Å². The van der Waals surface area contributed by atoms with Crippen molar-refractivity contribution in [1.29, 1.82) is 5.26 Å². The first-order valence-electron chi connectivity index (χ1n) is 9.37. The summed E-state index contributed by atoms with van der Waals surface area (Å²) in [7, 11) is 0. The Kier molecular flexibility index (Phi) is 4.40.